The lowest BCUT2D eigenvalue weighted by Gasteiger charge is -2.25. The summed E-state index contributed by atoms with van der Waals surface area (Å²) in [5.74, 6) is 0. The molecule has 0 bridgehead atoms. The molecule has 11 heavy (non-hydrogen) atoms. The molecular weight excluding hydrogens is 142 g/mol. The van der Waals surface area contributed by atoms with Gasteiger partial charge in [-0.2, -0.15) is 0 Å². The van der Waals surface area contributed by atoms with Crippen LogP contribution >= 0.6 is 0 Å². The standard InChI is InChI=1S/C8H19NO2/c1-6(10)5-8(11)7(2)9(3)4/h6-8,10-11H,5H2,1-4H3/t6-,7?,8-/m0/s1. The van der Waals surface area contributed by atoms with Crippen LogP contribution in [0, 0.1) is 0 Å². The monoisotopic (exact) mass is 161 g/mol. The van der Waals surface area contributed by atoms with E-state index in [4.69, 9.17) is 5.11 Å². The quantitative estimate of drug-likeness (QED) is 0.613. The molecule has 0 spiro atoms. The molecule has 0 saturated heterocycles. The van der Waals surface area contributed by atoms with Crippen LogP contribution in [0.2, 0.25) is 0 Å². The number of rotatable bonds is 4. The van der Waals surface area contributed by atoms with Crippen molar-refractivity contribution in [1.82, 2.24) is 4.90 Å². The zero-order valence-corrected chi connectivity index (χ0v) is 7.78. The highest BCUT2D eigenvalue weighted by molar-refractivity contribution is 4.71. The summed E-state index contributed by atoms with van der Waals surface area (Å²) in [7, 11) is 3.83. The van der Waals surface area contributed by atoms with Crippen LogP contribution in [0.4, 0.5) is 0 Å². The maximum Gasteiger partial charge on any atom is 0.0716 e. The van der Waals surface area contributed by atoms with Gasteiger partial charge < -0.3 is 15.1 Å². The summed E-state index contributed by atoms with van der Waals surface area (Å²) in [5, 5.41) is 18.4. The Bertz CT molecular complexity index is 104. The number of nitrogens with zero attached hydrogens (tertiary/aromatic N) is 1. The minimum atomic E-state index is -0.440. The van der Waals surface area contributed by atoms with Crippen LogP contribution < -0.4 is 0 Å². The van der Waals surface area contributed by atoms with Crippen molar-refractivity contribution in [3.05, 3.63) is 0 Å². The molecule has 0 fully saturated rings. The van der Waals surface area contributed by atoms with Crippen molar-refractivity contribution < 1.29 is 10.2 Å². The van der Waals surface area contributed by atoms with E-state index in [0.717, 1.165) is 0 Å². The van der Waals surface area contributed by atoms with Gasteiger partial charge in [-0.3, -0.25) is 0 Å². The molecule has 1 unspecified atom stereocenters. The lowest BCUT2D eigenvalue weighted by atomic mass is 10.1. The van der Waals surface area contributed by atoms with E-state index in [1.165, 1.54) is 0 Å². The van der Waals surface area contributed by atoms with Crippen LogP contribution in [-0.4, -0.2) is 47.5 Å². The van der Waals surface area contributed by atoms with Crippen LogP contribution in [-0.2, 0) is 0 Å². The number of likely N-dealkylation sites (N-methyl/N-ethyl adjacent to an activating group) is 1. The molecule has 0 aliphatic heterocycles. The largest absolute Gasteiger partial charge is 0.393 e. The van der Waals surface area contributed by atoms with E-state index in [1.54, 1.807) is 6.92 Å². The number of hydrogen-bond acceptors (Lipinski definition) is 3. The summed E-state index contributed by atoms with van der Waals surface area (Å²) in [4.78, 5) is 1.94. The van der Waals surface area contributed by atoms with Crippen molar-refractivity contribution in [2.24, 2.45) is 0 Å². The third-order valence-electron chi connectivity index (χ3n) is 1.95. The highest BCUT2D eigenvalue weighted by atomic mass is 16.3. The van der Waals surface area contributed by atoms with E-state index in [-0.39, 0.29) is 6.04 Å². The Labute approximate surface area is 68.6 Å². The Morgan fingerprint density at radius 2 is 1.64 bits per heavy atom. The van der Waals surface area contributed by atoms with Crippen molar-refractivity contribution in [2.45, 2.75) is 38.5 Å². The minimum Gasteiger partial charge on any atom is -0.393 e. The number of aliphatic hydroxyl groups excluding tert-OH is 2. The molecule has 0 aromatic carbocycles. The Morgan fingerprint density at radius 1 is 1.18 bits per heavy atom. The fourth-order valence-corrected chi connectivity index (χ4v) is 0.891. The Balaban J connectivity index is 3.73. The zero-order valence-electron chi connectivity index (χ0n) is 7.78. The van der Waals surface area contributed by atoms with E-state index >= 15 is 0 Å². The molecule has 2 N–H and O–H groups in total. The normalized spacial score (nSPS) is 19.9. The highest BCUT2D eigenvalue weighted by Gasteiger charge is 2.17. The molecule has 0 aromatic rings. The maximum atomic E-state index is 9.46. The van der Waals surface area contributed by atoms with Crippen molar-refractivity contribution in [3.63, 3.8) is 0 Å². The second-order valence-corrected chi connectivity index (χ2v) is 3.36. The lowest BCUT2D eigenvalue weighted by molar-refractivity contribution is 0.0397. The van der Waals surface area contributed by atoms with Crippen molar-refractivity contribution in [2.75, 3.05) is 14.1 Å². The van der Waals surface area contributed by atoms with Crippen molar-refractivity contribution >= 4 is 0 Å². The van der Waals surface area contributed by atoms with Gasteiger partial charge >= 0.3 is 0 Å². The summed E-state index contributed by atoms with van der Waals surface area (Å²) < 4.78 is 0. The van der Waals surface area contributed by atoms with Crippen LogP contribution in [0.25, 0.3) is 0 Å². The molecule has 0 heterocycles. The molecule has 3 nitrogen and oxygen atoms in total. The van der Waals surface area contributed by atoms with Crippen LogP contribution in [0.3, 0.4) is 0 Å². The van der Waals surface area contributed by atoms with E-state index < -0.39 is 12.2 Å². The van der Waals surface area contributed by atoms with Gasteiger partial charge in [-0.15, -0.1) is 0 Å². The molecule has 0 amide bonds. The van der Waals surface area contributed by atoms with E-state index in [1.807, 2.05) is 25.9 Å². The number of hydrogen-bond donors (Lipinski definition) is 2. The molecule has 0 radical (unpaired) electrons. The first kappa shape index (κ1) is 10.9. The van der Waals surface area contributed by atoms with Gasteiger partial charge in [-0.05, 0) is 27.9 Å². The molecule has 0 rings (SSSR count). The first-order valence-corrected chi connectivity index (χ1v) is 3.97. The molecule has 0 aromatic heterocycles. The Hall–Kier alpha value is -0.120. The third kappa shape index (κ3) is 4.35. The third-order valence-corrected chi connectivity index (χ3v) is 1.95. The first-order chi connectivity index (χ1) is 4.95. The Morgan fingerprint density at radius 3 is 1.91 bits per heavy atom. The lowest BCUT2D eigenvalue weighted by Crippen LogP contribution is -2.37. The number of aliphatic hydroxyl groups is 2. The SMILES string of the molecule is CC([C@@H](O)C[C@H](C)O)N(C)C. The van der Waals surface area contributed by atoms with E-state index in [9.17, 15) is 5.11 Å². The van der Waals surface area contributed by atoms with Crippen LogP contribution in [0.5, 0.6) is 0 Å². The van der Waals surface area contributed by atoms with Gasteiger partial charge in [-0.1, -0.05) is 0 Å². The van der Waals surface area contributed by atoms with Crippen molar-refractivity contribution in [3.8, 4) is 0 Å². The van der Waals surface area contributed by atoms with Gasteiger partial charge in [-0.25, -0.2) is 0 Å². The van der Waals surface area contributed by atoms with Gasteiger partial charge in [0.05, 0.1) is 12.2 Å². The first-order valence-electron chi connectivity index (χ1n) is 3.97. The fraction of sp³-hybridized carbons (Fsp3) is 1.00. The van der Waals surface area contributed by atoms with E-state index in [0.29, 0.717) is 6.42 Å². The summed E-state index contributed by atoms with van der Waals surface area (Å²) in [5.41, 5.74) is 0. The molecule has 3 heteroatoms. The van der Waals surface area contributed by atoms with Gasteiger partial charge in [0.2, 0.25) is 0 Å². The predicted molar refractivity (Wildman–Crippen MR) is 45.5 cm³/mol. The zero-order chi connectivity index (χ0) is 9.02. The fourth-order valence-electron chi connectivity index (χ4n) is 0.891. The average molecular weight is 161 g/mol. The van der Waals surface area contributed by atoms with Gasteiger partial charge in [0.25, 0.3) is 0 Å². The summed E-state index contributed by atoms with van der Waals surface area (Å²) >= 11 is 0. The molecular formula is C8H19NO2. The average Bonchev–Trinajstić information content (AvgIpc) is 1.84. The smallest absolute Gasteiger partial charge is 0.0716 e. The van der Waals surface area contributed by atoms with Crippen LogP contribution in [0.1, 0.15) is 20.3 Å². The molecule has 0 aliphatic rings. The minimum absolute atomic E-state index is 0.101. The topological polar surface area (TPSA) is 43.7 Å². The van der Waals surface area contributed by atoms with Gasteiger partial charge in [0.15, 0.2) is 0 Å². The second kappa shape index (κ2) is 4.70. The summed E-state index contributed by atoms with van der Waals surface area (Å²) in [6.07, 6.45) is -0.420. The van der Waals surface area contributed by atoms with Crippen LogP contribution in [0.15, 0.2) is 0 Å². The molecule has 3 atom stereocenters. The highest BCUT2D eigenvalue weighted by Crippen LogP contribution is 2.06. The summed E-state index contributed by atoms with van der Waals surface area (Å²) in [6, 6.07) is 0.101. The molecule has 0 saturated carbocycles. The summed E-state index contributed by atoms with van der Waals surface area (Å²) in [6.45, 7) is 3.62. The maximum absolute atomic E-state index is 9.46. The Kier molecular flexibility index (Phi) is 4.65. The van der Waals surface area contributed by atoms with Crippen molar-refractivity contribution in [1.29, 1.82) is 0 Å². The van der Waals surface area contributed by atoms with Gasteiger partial charge in [0.1, 0.15) is 0 Å². The van der Waals surface area contributed by atoms with Gasteiger partial charge in [0, 0.05) is 12.5 Å². The predicted octanol–water partition coefficient (Wildman–Crippen LogP) is 0.0683. The molecule has 0 aliphatic carbocycles. The second-order valence-electron chi connectivity index (χ2n) is 3.36. The van der Waals surface area contributed by atoms with E-state index in [2.05, 4.69) is 0 Å². The molecule has 68 valence electrons.